The summed E-state index contributed by atoms with van der Waals surface area (Å²) in [6, 6.07) is 0. The van der Waals surface area contributed by atoms with Crippen molar-refractivity contribution >= 4 is 5.78 Å². The molecule has 2 rings (SSSR count). The monoisotopic (exact) mass is 238 g/mol. The molecule has 0 aliphatic heterocycles. The van der Waals surface area contributed by atoms with Gasteiger partial charge in [0.15, 0.2) is 5.78 Å². The molecule has 0 spiro atoms. The van der Waals surface area contributed by atoms with Crippen LogP contribution in [0.25, 0.3) is 0 Å². The van der Waals surface area contributed by atoms with Crippen LogP contribution >= 0.6 is 0 Å². The molecule has 2 nitrogen and oxygen atoms in total. The lowest BCUT2D eigenvalue weighted by Gasteiger charge is -2.29. The average Bonchev–Trinajstić information content (AvgIpc) is 3.18. The summed E-state index contributed by atoms with van der Waals surface area (Å²) in [6.07, 6.45) is 10.8. The number of carbonyl (C=O) groups excluding carboxylic acids is 1. The third kappa shape index (κ3) is 4.09. The molecule has 0 radical (unpaired) electrons. The van der Waals surface area contributed by atoms with E-state index in [1.807, 2.05) is 6.92 Å². The van der Waals surface area contributed by atoms with E-state index >= 15 is 0 Å². The van der Waals surface area contributed by atoms with Crippen molar-refractivity contribution in [1.29, 1.82) is 0 Å². The second-order valence-corrected chi connectivity index (χ2v) is 5.72. The van der Waals surface area contributed by atoms with Crippen molar-refractivity contribution in [2.75, 3.05) is 6.61 Å². The molecule has 0 bridgehead atoms. The van der Waals surface area contributed by atoms with Gasteiger partial charge in [0.25, 0.3) is 0 Å². The number of hydrogen-bond donors (Lipinski definition) is 0. The van der Waals surface area contributed by atoms with Gasteiger partial charge in [-0.3, -0.25) is 4.79 Å². The summed E-state index contributed by atoms with van der Waals surface area (Å²) in [6.45, 7) is 2.68. The van der Waals surface area contributed by atoms with Gasteiger partial charge in [0, 0.05) is 13.0 Å². The van der Waals surface area contributed by atoms with Crippen molar-refractivity contribution in [2.45, 2.75) is 70.8 Å². The van der Waals surface area contributed by atoms with Crippen molar-refractivity contribution in [3.8, 4) is 0 Å². The van der Waals surface area contributed by atoms with Gasteiger partial charge < -0.3 is 4.74 Å². The first-order chi connectivity index (χ1) is 8.31. The first-order valence-corrected chi connectivity index (χ1v) is 7.45. The summed E-state index contributed by atoms with van der Waals surface area (Å²) < 4.78 is 5.75. The van der Waals surface area contributed by atoms with Crippen LogP contribution < -0.4 is 0 Å². The van der Waals surface area contributed by atoms with Crippen LogP contribution in [0.3, 0.4) is 0 Å². The maximum atomic E-state index is 12.2. The number of carbonyl (C=O) groups is 1. The van der Waals surface area contributed by atoms with E-state index in [0.29, 0.717) is 18.3 Å². The molecule has 98 valence electrons. The Morgan fingerprint density at radius 2 is 1.88 bits per heavy atom. The fraction of sp³-hybridized carbons (Fsp3) is 0.933. The zero-order valence-electron chi connectivity index (χ0n) is 11.1. The van der Waals surface area contributed by atoms with Gasteiger partial charge >= 0.3 is 0 Å². The van der Waals surface area contributed by atoms with Crippen LogP contribution in [0.5, 0.6) is 0 Å². The van der Waals surface area contributed by atoms with Crippen molar-refractivity contribution in [3.05, 3.63) is 0 Å². The summed E-state index contributed by atoms with van der Waals surface area (Å²) in [5.41, 5.74) is 0. The first-order valence-electron chi connectivity index (χ1n) is 7.45. The first kappa shape index (κ1) is 13.1. The lowest BCUT2D eigenvalue weighted by Crippen LogP contribution is -2.34. The quantitative estimate of drug-likeness (QED) is 0.675. The second-order valence-electron chi connectivity index (χ2n) is 5.72. The molecule has 0 heterocycles. The number of ketones is 1. The fourth-order valence-corrected chi connectivity index (χ4v) is 3.00. The van der Waals surface area contributed by atoms with Gasteiger partial charge in [-0.1, -0.05) is 32.1 Å². The molecule has 0 aromatic carbocycles. The van der Waals surface area contributed by atoms with Gasteiger partial charge in [-0.2, -0.15) is 0 Å². The van der Waals surface area contributed by atoms with Crippen LogP contribution in [0.4, 0.5) is 0 Å². The number of hydrogen-bond acceptors (Lipinski definition) is 2. The zero-order valence-corrected chi connectivity index (χ0v) is 11.1. The van der Waals surface area contributed by atoms with Crippen LogP contribution in [-0.4, -0.2) is 18.5 Å². The standard InChI is InChI=1S/C15H26O2/c1-2-17-15(13-6-4-3-5-7-13)14(16)11-10-12-8-9-12/h12-13,15H,2-11H2,1H3. The molecule has 0 aromatic rings. The lowest BCUT2D eigenvalue weighted by molar-refractivity contribution is -0.135. The minimum Gasteiger partial charge on any atom is -0.370 e. The SMILES string of the molecule is CCOC(C(=O)CCC1CC1)C1CCCCC1. The third-order valence-corrected chi connectivity index (χ3v) is 4.24. The molecule has 0 N–H and O–H groups in total. The van der Waals surface area contributed by atoms with E-state index < -0.39 is 0 Å². The van der Waals surface area contributed by atoms with E-state index in [4.69, 9.17) is 4.74 Å². The van der Waals surface area contributed by atoms with Gasteiger partial charge in [0.05, 0.1) is 0 Å². The Balaban J connectivity index is 1.82. The third-order valence-electron chi connectivity index (χ3n) is 4.24. The van der Waals surface area contributed by atoms with Crippen LogP contribution in [0.15, 0.2) is 0 Å². The lowest BCUT2D eigenvalue weighted by atomic mass is 9.83. The Labute approximate surface area is 105 Å². The van der Waals surface area contributed by atoms with Crippen molar-refractivity contribution in [2.24, 2.45) is 11.8 Å². The molecule has 2 saturated carbocycles. The van der Waals surface area contributed by atoms with E-state index in [1.54, 1.807) is 0 Å². The normalized spacial score (nSPS) is 23.6. The molecule has 2 heteroatoms. The van der Waals surface area contributed by atoms with Crippen LogP contribution in [0, 0.1) is 11.8 Å². The molecule has 2 fully saturated rings. The largest absolute Gasteiger partial charge is 0.370 e. The Hall–Kier alpha value is -0.370. The summed E-state index contributed by atoms with van der Waals surface area (Å²) in [5.74, 6) is 1.74. The molecule has 0 aromatic heterocycles. The van der Waals surface area contributed by atoms with Gasteiger partial charge in [0.2, 0.25) is 0 Å². The highest BCUT2D eigenvalue weighted by molar-refractivity contribution is 5.83. The number of rotatable bonds is 7. The molecule has 17 heavy (non-hydrogen) atoms. The summed E-state index contributed by atoms with van der Waals surface area (Å²) in [5, 5.41) is 0. The molecule has 0 saturated heterocycles. The topological polar surface area (TPSA) is 26.3 Å². The summed E-state index contributed by atoms with van der Waals surface area (Å²) in [4.78, 5) is 12.2. The Morgan fingerprint density at radius 1 is 1.18 bits per heavy atom. The summed E-state index contributed by atoms with van der Waals surface area (Å²) in [7, 11) is 0. The van der Waals surface area contributed by atoms with Crippen molar-refractivity contribution < 1.29 is 9.53 Å². The van der Waals surface area contributed by atoms with E-state index in [2.05, 4.69) is 0 Å². The zero-order chi connectivity index (χ0) is 12.1. The molecular weight excluding hydrogens is 212 g/mol. The van der Waals surface area contributed by atoms with Gasteiger partial charge in [-0.15, -0.1) is 0 Å². The fourth-order valence-electron chi connectivity index (χ4n) is 3.00. The summed E-state index contributed by atoms with van der Waals surface area (Å²) >= 11 is 0. The van der Waals surface area contributed by atoms with Gasteiger partial charge in [-0.25, -0.2) is 0 Å². The van der Waals surface area contributed by atoms with Crippen LogP contribution in [0.1, 0.15) is 64.7 Å². The molecule has 1 unspecified atom stereocenters. The predicted octanol–water partition coefficient (Wildman–Crippen LogP) is 3.73. The molecule has 2 aliphatic rings. The maximum absolute atomic E-state index is 12.2. The number of Topliss-reactive ketones (excluding diaryl/α,β-unsaturated/α-hetero) is 1. The molecule has 2 aliphatic carbocycles. The highest BCUT2D eigenvalue weighted by atomic mass is 16.5. The van der Waals surface area contributed by atoms with Crippen molar-refractivity contribution in [3.63, 3.8) is 0 Å². The Kier molecular flexibility index (Phi) is 5.02. The molecule has 0 amide bonds. The van der Waals surface area contributed by atoms with E-state index in [1.165, 1.54) is 44.9 Å². The number of ether oxygens (including phenoxy) is 1. The van der Waals surface area contributed by atoms with Crippen LogP contribution in [-0.2, 0) is 9.53 Å². The molecule has 1 atom stereocenters. The van der Waals surface area contributed by atoms with Crippen molar-refractivity contribution in [1.82, 2.24) is 0 Å². The Morgan fingerprint density at radius 3 is 2.47 bits per heavy atom. The van der Waals surface area contributed by atoms with Crippen LogP contribution in [0.2, 0.25) is 0 Å². The minimum atomic E-state index is -0.0842. The second kappa shape index (κ2) is 6.53. The minimum absolute atomic E-state index is 0.0842. The highest BCUT2D eigenvalue weighted by Crippen LogP contribution is 2.35. The molecular formula is C15H26O2. The van der Waals surface area contributed by atoms with E-state index in [9.17, 15) is 4.79 Å². The predicted molar refractivity (Wildman–Crippen MR) is 69.0 cm³/mol. The van der Waals surface area contributed by atoms with E-state index in [-0.39, 0.29) is 6.10 Å². The maximum Gasteiger partial charge on any atom is 0.161 e. The smallest absolute Gasteiger partial charge is 0.161 e. The highest BCUT2D eigenvalue weighted by Gasteiger charge is 2.31. The van der Waals surface area contributed by atoms with Gasteiger partial charge in [0.1, 0.15) is 6.10 Å². The van der Waals surface area contributed by atoms with Gasteiger partial charge in [-0.05, 0) is 38.0 Å². The Bertz CT molecular complexity index is 239. The average molecular weight is 238 g/mol. The van der Waals surface area contributed by atoms with E-state index in [0.717, 1.165) is 18.8 Å².